The maximum absolute atomic E-state index is 14.6. The van der Waals surface area contributed by atoms with Crippen molar-refractivity contribution in [1.82, 2.24) is 25.2 Å². The third-order valence-corrected chi connectivity index (χ3v) is 5.40. The lowest BCUT2D eigenvalue weighted by atomic mass is 9.80. The molecule has 3 unspecified atom stereocenters. The Morgan fingerprint density at radius 3 is 2.71 bits per heavy atom. The summed E-state index contributed by atoms with van der Waals surface area (Å²) in [5.74, 6) is -1.56. The van der Waals surface area contributed by atoms with Gasteiger partial charge in [0.25, 0.3) is 0 Å². The van der Waals surface area contributed by atoms with Crippen LogP contribution in [0.1, 0.15) is 23.1 Å². The molecule has 2 N–H and O–H groups in total. The zero-order valence-electron chi connectivity index (χ0n) is 15.4. The van der Waals surface area contributed by atoms with Crippen molar-refractivity contribution in [3.63, 3.8) is 0 Å². The van der Waals surface area contributed by atoms with Crippen molar-refractivity contribution in [3.05, 3.63) is 84.2 Å². The molecular formula is C21H23F2N5. The van der Waals surface area contributed by atoms with Crippen molar-refractivity contribution in [2.45, 2.75) is 18.5 Å². The molecule has 1 fully saturated rings. The first-order valence-electron chi connectivity index (χ1n) is 9.45. The highest BCUT2D eigenvalue weighted by atomic mass is 19.2. The molecule has 3 aromatic rings. The maximum atomic E-state index is 14.6. The van der Waals surface area contributed by atoms with Gasteiger partial charge in [-0.3, -0.25) is 4.98 Å². The maximum Gasteiger partial charge on any atom is 0.162 e. The van der Waals surface area contributed by atoms with E-state index in [1.807, 2.05) is 22.9 Å². The predicted octanol–water partition coefficient (Wildman–Crippen LogP) is 2.89. The molecule has 1 aliphatic rings. The molecule has 4 rings (SSSR count). The second-order valence-electron chi connectivity index (χ2n) is 7.15. The summed E-state index contributed by atoms with van der Waals surface area (Å²) in [7, 11) is 0. The van der Waals surface area contributed by atoms with Gasteiger partial charge in [0.1, 0.15) is 0 Å². The molecule has 146 valence electrons. The smallest absolute Gasteiger partial charge is 0.162 e. The zero-order chi connectivity index (χ0) is 19.3. The van der Waals surface area contributed by atoms with Crippen LogP contribution >= 0.6 is 0 Å². The van der Waals surface area contributed by atoms with E-state index in [0.717, 1.165) is 31.3 Å². The Morgan fingerprint density at radius 2 is 1.93 bits per heavy atom. The van der Waals surface area contributed by atoms with E-state index in [9.17, 15) is 8.78 Å². The average Bonchev–Trinajstić information content (AvgIpc) is 3.25. The number of rotatable bonds is 6. The van der Waals surface area contributed by atoms with Gasteiger partial charge in [-0.15, -0.1) is 0 Å². The molecule has 3 atom stereocenters. The van der Waals surface area contributed by atoms with Crippen molar-refractivity contribution in [2.24, 2.45) is 5.92 Å². The van der Waals surface area contributed by atoms with Gasteiger partial charge in [0.05, 0.1) is 6.33 Å². The molecule has 1 aromatic carbocycles. The SMILES string of the molecule is Fc1cccc(C2CNCC(CNCc3ccncc3)C2n2ccnc2)c1F. The molecule has 1 aliphatic heterocycles. The van der Waals surface area contributed by atoms with Crippen molar-refractivity contribution in [2.75, 3.05) is 19.6 Å². The number of halogens is 2. The Hall–Kier alpha value is -2.64. The van der Waals surface area contributed by atoms with E-state index < -0.39 is 11.6 Å². The average molecular weight is 383 g/mol. The Labute approximate surface area is 162 Å². The number of imidazole rings is 1. The van der Waals surface area contributed by atoms with E-state index in [-0.39, 0.29) is 17.9 Å². The molecular weight excluding hydrogens is 360 g/mol. The fourth-order valence-corrected chi connectivity index (χ4v) is 4.09. The minimum atomic E-state index is -0.806. The van der Waals surface area contributed by atoms with Crippen LogP contribution < -0.4 is 10.6 Å². The van der Waals surface area contributed by atoms with Crippen LogP contribution in [0.4, 0.5) is 8.78 Å². The van der Waals surface area contributed by atoms with Crippen LogP contribution in [0, 0.1) is 17.6 Å². The largest absolute Gasteiger partial charge is 0.333 e. The highest BCUT2D eigenvalue weighted by molar-refractivity contribution is 5.26. The minimum Gasteiger partial charge on any atom is -0.333 e. The van der Waals surface area contributed by atoms with Crippen molar-refractivity contribution < 1.29 is 8.78 Å². The quantitative estimate of drug-likeness (QED) is 0.687. The Morgan fingerprint density at radius 1 is 1.07 bits per heavy atom. The molecule has 0 aliphatic carbocycles. The molecule has 0 radical (unpaired) electrons. The molecule has 0 amide bonds. The van der Waals surface area contributed by atoms with E-state index in [1.54, 1.807) is 37.1 Å². The van der Waals surface area contributed by atoms with Gasteiger partial charge in [-0.25, -0.2) is 13.8 Å². The highest BCUT2D eigenvalue weighted by Gasteiger charge is 2.36. The van der Waals surface area contributed by atoms with E-state index in [4.69, 9.17) is 0 Å². The Balaban J connectivity index is 1.56. The normalized spacial score (nSPS) is 22.3. The van der Waals surface area contributed by atoms with Crippen LogP contribution in [0.5, 0.6) is 0 Å². The monoisotopic (exact) mass is 383 g/mol. The molecule has 3 heterocycles. The van der Waals surface area contributed by atoms with Gasteiger partial charge in [0.15, 0.2) is 11.6 Å². The van der Waals surface area contributed by atoms with Crippen molar-refractivity contribution in [1.29, 1.82) is 0 Å². The number of hydrogen-bond acceptors (Lipinski definition) is 4. The summed E-state index contributed by atoms with van der Waals surface area (Å²) < 4.78 is 30.4. The highest BCUT2D eigenvalue weighted by Crippen LogP contribution is 2.38. The van der Waals surface area contributed by atoms with Gasteiger partial charge < -0.3 is 15.2 Å². The fourth-order valence-electron chi connectivity index (χ4n) is 4.09. The Bertz CT molecular complexity index is 885. The lowest BCUT2D eigenvalue weighted by Crippen LogP contribution is -2.47. The second-order valence-corrected chi connectivity index (χ2v) is 7.15. The van der Waals surface area contributed by atoms with E-state index in [0.29, 0.717) is 12.1 Å². The summed E-state index contributed by atoms with van der Waals surface area (Å²) in [5, 5.41) is 6.89. The molecule has 28 heavy (non-hydrogen) atoms. The summed E-state index contributed by atoms with van der Waals surface area (Å²) in [4.78, 5) is 8.21. The zero-order valence-corrected chi connectivity index (χ0v) is 15.4. The molecule has 7 heteroatoms. The third-order valence-electron chi connectivity index (χ3n) is 5.40. The van der Waals surface area contributed by atoms with Gasteiger partial charge in [-0.2, -0.15) is 0 Å². The lowest BCUT2D eigenvalue weighted by Gasteiger charge is -2.40. The number of nitrogens with zero attached hydrogens (tertiary/aromatic N) is 3. The third kappa shape index (κ3) is 3.95. The first-order valence-corrected chi connectivity index (χ1v) is 9.45. The van der Waals surface area contributed by atoms with Crippen molar-refractivity contribution >= 4 is 0 Å². The topological polar surface area (TPSA) is 54.8 Å². The number of nitrogens with one attached hydrogen (secondary N) is 2. The number of pyridine rings is 1. The standard InChI is InChI=1S/C21H23F2N5/c22-19-3-1-2-17(20(19)23)18-13-27-12-16(21(18)28-9-8-25-14-28)11-26-10-15-4-6-24-7-5-15/h1-9,14,16,18,21,26-27H,10-13H2. The molecule has 0 spiro atoms. The van der Waals surface area contributed by atoms with Crippen LogP contribution in [-0.4, -0.2) is 34.2 Å². The van der Waals surface area contributed by atoms with Gasteiger partial charge in [0, 0.05) is 68.8 Å². The fraction of sp³-hybridized carbons (Fsp3) is 0.333. The summed E-state index contributed by atoms with van der Waals surface area (Å²) in [6.07, 6.45) is 8.93. The molecule has 0 bridgehead atoms. The van der Waals surface area contributed by atoms with Gasteiger partial charge in [-0.05, 0) is 29.3 Å². The van der Waals surface area contributed by atoms with Gasteiger partial charge >= 0.3 is 0 Å². The summed E-state index contributed by atoms with van der Waals surface area (Å²) in [5.41, 5.74) is 1.57. The van der Waals surface area contributed by atoms with Crippen LogP contribution in [0.15, 0.2) is 61.4 Å². The van der Waals surface area contributed by atoms with E-state index in [2.05, 4.69) is 20.6 Å². The number of aromatic nitrogens is 3. The number of hydrogen-bond donors (Lipinski definition) is 2. The molecule has 5 nitrogen and oxygen atoms in total. The summed E-state index contributed by atoms with van der Waals surface area (Å²) in [6.45, 7) is 2.85. The number of benzene rings is 1. The molecule has 1 saturated heterocycles. The molecule has 2 aromatic heterocycles. The van der Waals surface area contributed by atoms with Gasteiger partial charge in [0.2, 0.25) is 0 Å². The van der Waals surface area contributed by atoms with E-state index >= 15 is 0 Å². The second kappa shape index (κ2) is 8.58. The summed E-state index contributed by atoms with van der Waals surface area (Å²) >= 11 is 0. The van der Waals surface area contributed by atoms with Crippen LogP contribution in [0.2, 0.25) is 0 Å². The lowest BCUT2D eigenvalue weighted by molar-refractivity contribution is 0.212. The van der Waals surface area contributed by atoms with Crippen LogP contribution in [-0.2, 0) is 6.54 Å². The number of piperidine rings is 1. The van der Waals surface area contributed by atoms with E-state index in [1.165, 1.54) is 0 Å². The van der Waals surface area contributed by atoms with Crippen molar-refractivity contribution in [3.8, 4) is 0 Å². The van der Waals surface area contributed by atoms with Crippen LogP contribution in [0.3, 0.4) is 0 Å². The minimum absolute atomic E-state index is 0.0232. The summed E-state index contributed by atoms with van der Waals surface area (Å²) in [6, 6.07) is 8.35. The predicted molar refractivity (Wildman–Crippen MR) is 103 cm³/mol. The Kier molecular flexibility index (Phi) is 5.73. The first kappa shape index (κ1) is 18.7. The van der Waals surface area contributed by atoms with Gasteiger partial charge in [-0.1, -0.05) is 12.1 Å². The van der Waals surface area contributed by atoms with Crippen LogP contribution in [0.25, 0.3) is 0 Å². The molecule has 0 saturated carbocycles. The first-order chi connectivity index (χ1) is 13.7.